The van der Waals surface area contributed by atoms with Crippen LogP contribution in [0.25, 0.3) is 44.6 Å². The third-order valence-corrected chi connectivity index (χ3v) is 7.10. The van der Waals surface area contributed by atoms with Gasteiger partial charge < -0.3 is 14.4 Å². The van der Waals surface area contributed by atoms with E-state index in [9.17, 15) is 0 Å². The molecule has 0 aliphatic heterocycles. The Morgan fingerprint density at radius 2 is 1.57 bits per heavy atom. The fraction of sp³-hybridized carbons (Fsp3) is 0.154. The molecule has 1 radical (unpaired) electrons. The summed E-state index contributed by atoms with van der Waals surface area (Å²) in [4.78, 5) is 13.0. The van der Waals surface area contributed by atoms with Crippen molar-refractivity contribution in [2.24, 2.45) is 5.92 Å². The molecule has 0 spiro atoms. The first-order valence-corrected chi connectivity index (χ1v) is 14.4. The van der Waals surface area contributed by atoms with Crippen molar-refractivity contribution in [3.8, 4) is 22.5 Å². The van der Waals surface area contributed by atoms with Gasteiger partial charge in [0.25, 0.3) is 0 Å². The molecule has 0 atom stereocenters. The molecule has 221 valence electrons. The third kappa shape index (κ3) is 7.37. The summed E-state index contributed by atoms with van der Waals surface area (Å²) in [5, 5.41) is 1.64. The van der Waals surface area contributed by atoms with Gasteiger partial charge in [-0.3, -0.25) is 0 Å². The molecule has 0 aliphatic carbocycles. The molecule has 0 saturated carbocycles. The second-order valence-corrected chi connectivity index (χ2v) is 10.9. The van der Waals surface area contributed by atoms with Crippen molar-refractivity contribution in [3.63, 3.8) is 0 Å². The summed E-state index contributed by atoms with van der Waals surface area (Å²) in [6.45, 7) is 2.17. The number of fused-ring (bicyclic) bond motifs is 3. The quantitative estimate of drug-likeness (QED) is 0.159. The molecule has 0 fully saturated rings. The summed E-state index contributed by atoms with van der Waals surface area (Å²) in [5.74, 6) is 0.640. The zero-order valence-electron chi connectivity index (χ0n) is 27.5. The molecule has 7 aromatic rings. The molecule has 0 unspecified atom stereocenters. The van der Waals surface area contributed by atoms with E-state index in [1.807, 2.05) is 60.7 Å². The van der Waals surface area contributed by atoms with E-state index in [2.05, 4.69) is 71.3 Å². The van der Waals surface area contributed by atoms with Gasteiger partial charge in [-0.05, 0) is 78.0 Å². The van der Waals surface area contributed by atoms with Gasteiger partial charge in [0.1, 0.15) is 0 Å². The Bertz CT molecular complexity index is 2020. The van der Waals surface area contributed by atoms with Crippen molar-refractivity contribution in [2.45, 2.75) is 33.5 Å². The van der Waals surface area contributed by atoms with Gasteiger partial charge in [-0.25, -0.2) is 4.98 Å². The number of hydrogen-bond acceptors (Lipinski definition) is 4. The Hall–Kier alpha value is -4.44. The van der Waals surface area contributed by atoms with Crippen LogP contribution in [0.1, 0.15) is 40.3 Å². The molecule has 3 aromatic carbocycles. The fourth-order valence-corrected chi connectivity index (χ4v) is 5.11. The molecule has 0 bridgehead atoms. The number of rotatable bonds is 6. The van der Waals surface area contributed by atoms with Crippen molar-refractivity contribution in [1.82, 2.24) is 15.0 Å². The first-order valence-electron chi connectivity index (χ1n) is 15.9. The maximum Gasteiger partial charge on any atom is 0.216 e. The van der Waals surface area contributed by atoms with Crippen LogP contribution in [-0.4, -0.2) is 15.0 Å². The van der Waals surface area contributed by atoms with Crippen LogP contribution in [0.15, 0.2) is 120 Å². The monoisotopic (exact) mass is 755 g/mol. The SMILES string of the molecule is [2H]C([2H])([2H])c1ccc2c(n1)oc1c(-c3cc(Cc4ccc(CC(C)C)cc4)ccn3)[c-]ccc12.[Ir].[c-]1ccccc1-c1ccccn1. The minimum Gasteiger partial charge on any atom is -0.486 e. The van der Waals surface area contributed by atoms with Crippen LogP contribution in [0, 0.1) is 24.9 Å². The van der Waals surface area contributed by atoms with Gasteiger partial charge in [0.05, 0.1) is 5.58 Å². The van der Waals surface area contributed by atoms with E-state index >= 15 is 0 Å². The second kappa shape index (κ2) is 14.4. The Morgan fingerprint density at radius 3 is 2.32 bits per heavy atom. The predicted molar refractivity (Wildman–Crippen MR) is 175 cm³/mol. The zero-order valence-corrected chi connectivity index (χ0v) is 26.9. The van der Waals surface area contributed by atoms with Crippen molar-refractivity contribution in [1.29, 1.82) is 0 Å². The van der Waals surface area contributed by atoms with Gasteiger partial charge in [-0.15, -0.1) is 54.1 Å². The summed E-state index contributed by atoms with van der Waals surface area (Å²) < 4.78 is 28.9. The fourth-order valence-electron chi connectivity index (χ4n) is 5.11. The summed E-state index contributed by atoms with van der Waals surface area (Å²) in [5.41, 5.74) is 8.19. The van der Waals surface area contributed by atoms with Gasteiger partial charge in [0, 0.05) is 47.7 Å². The van der Waals surface area contributed by atoms with Crippen molar-refractivity contribution >= 4 is 22.1 Å². The Labute approximate surface area is 276 Å². The van der Waals surface area contributed by atoms with E-state index in [0.717, 1.165) is 51.7 Å². The number of benzene rings is 3. The zero-order chi connectivity index (χ0) is 32.1. The largest absolute Gasteiger partial charge is 0.486 e. The Kier molecular flexibility index (Phi) is 8.85. The topological polar surface area (TPSA) is 51.8 Å². The molecule has 0 saturated heterocycles. The van der Waals surface area contributed by atoms with Gasteiger partial charge in [-0.2, -0.15) is 0 Å². The van der Waals surface area contributed by atoms with Crippen molar-refractivity contribution in [3.05, 3.63) is 150 Å². The summed E-state index contributed by atoms with van der Waals surface area (Å²) >= 11 is 0. The van der Waals surface area contributed by atoms with Crippen LogP contribution in [-0.2, 0) is 32.9 Å². The minimum absolute atomic E-state index is 0. The van der Waals surface area contributed by atoms with Crippen LogP contribution in [0.3, 0.4) is 0 Å². The number of nitrogens with zero attached hydrogens (tertiary/aromatic N) is 3. The van der Waals surface area contributed by atoms with Gasteiger partial charge in [-0.1, -0.05) is 67.3 Å². The third-order valence-electron chi connectivity index (χ3n) is 7.10. The molecule has 0 N–H and O–H groups in total. The van der Waals surface area contributed by atoms with E-state index in [0.29, 0.717) is 17.2 Å². The predicted octanol–water partition coefficient (Wildman–Crippen LogP) is 9.49. The van der Waals surface area contributed by atoms with E-state index in [4.69, 9.17) is 8.53 Å². The molecule has 4 aromatic heterocycles. The summed E-state index contributed by atoms with van der Waals surface area (Å²) in [6.07, 6.45) is 5.48. The molecular weight excluding hydrogens is 719 g/mol. The van der Waals surface area contributed by atoms with E-state index in [1.54, 1.807) is 18.5 Å². The van der Waals surface area contributed by atoms with Gasteiger partial charge >= 0.3 is 0 Å². The average molecular weight is 755 g/mol. The van der Waals surface area contributed by atoms with E-state index in [-0.39, 0.29) is 25.8 Å². The summed E-state index contributed by atoms with van der Waals surface area (Å²) in [7, 11) is 0. The molecule has 5 heteroatoms. The molecular formula is C39H33IrN3O-2. The van der Waals surface area contributed by atoms with Gasteiger partial charge in [0.15, 0.2) is 0 Å². The van der Waals surface area contributed by atoms with Crippen LogP contribution in [0.4, 0.5) is 0 Å². The maximum absolute atomic E-state index is 7.63. The van der Waals surface area contributed by atoms with E-state index < -0.39 is 6.85 Å². The first kappa shape index (κ1) is 27.1. The molecule has 0 aliphatic rings. The number of furan rings is 1. The van der Waals surface area contributed by atoms with Crippen LogP contribution in [0.5, 0.6) is 0 Å². The molecule has 7 rings (SSSR count). The minimum atomic E-state index is -2.29. The van der Waals surface area contributed by atoms with Gasteiger partial charge in [0.2, 0.25) is 5.71 Å². The Balaban J connectivity index is 0.000000280. The normalized spacial score (nSPS) is 12.1. The van der Waals surface area contributed by atoms with Crippen LogP contribution in [0.2, 0.25) is 0 Å². The number of pyridine rings is 3. The van der Waals surface area contributed by atoms with Crippen molar-refractivity contribution in [2.75, 3.05) is 0 Å². The van der Waals surface area contributed by atoms with Crippen molar-refractivity contribution < 1.29 is 28.6 Å². The number of aromatic nitrogens is 3. The maximum atomic E-state index is 7.63. The summed E-state index contributed by atoms with van der Waals surface area (Å²) in [6, 6.07) is 40.0. The van der Waals surface area contributed by atoms with E-state index in [1.165, 1.54) is 17.2 Å². The molecule has 4 heterocycles. The first-order chi connectivity index (χ1) is 22.2. The molecule has 4 nitrogen and oxygen atoms in total. The Morgan fingerprint density at radius 1 is 0.750 bits per heavy atom. The smallest absolute Gasteiger partial charge is 0.216 e. The molecule has 44 heavy (non-hydrogen) atoms. The molecule has 0 amide bonds. The number of aryl methyl sites for hydroxylation is 1. The number of hydrogen-bond donors (Lipinski definition) is 0. The average Bonchev–Trinajstić information content (AvgIpc) is 3.45. The standard InChI is InChI=1S/C28H25N2O.C11H8N.Ir/c1-18(2)15-20-8-10-21(11-9-20)16-22-13-14-29-26(17-22)25-6-4-5-23-24-12-7-19(3)30-28(24)31-27(23)25;1-2-6-10(7-3-1)11-8-4-5-9-12-11;/h4-5,7-14,17-18H,15-16H2,1-3H3;1-6,8-9H;/q2*-1;/i3D3;;. The van der Waals surface area contributed by atoms with Crippen LogP contribution >= 0.6 is 0 Å². The second-order valence-electron chi connectivity index (χ2n) is 10.9. The van der Waals surface area contributed by atoms with Crippen LogP contribution < -0.4 is 0 Å².